The van der Waals surface area contributed by atoms with E-state index >= 15 is 0 Å². The van der Waals surface area contributed by atoms with Gasteiger partial charge in [0.25, 0.3) is 0 Å². The molecule has 6 aromatic carbocycles. The molecule has 1 aliphatic heterocycles. The van der Waals surface area contributed by atoms with Crippen molar-refractivity contribution in [3.05, 3.63) is 175 Å². The zero-order chi connectivity index (χ0) is 35.8. The van der Waals surface area contributed by atoms with E-state index in [1.54, 1.807) is 0 Å². The molecule has 11 rings (SSSR count). The summed E-state index contributed by atoms with van der Waals surface area (Å²) in [6, 6.07) is 48.2. The predicted octanol–water partition coefficient (Wildman–Crippen LogP) is 14.1. The summed E-state index contributed by atoms with van der Waals surface area (Å²) in [6.45, 7) is 2.27. The Hall–Kier alpha value is -6.36. The van der Waals surface area contributed by atoms with Gasteiger partial charge in [-0.3, -0.25) is 0 Å². The molecule has 0 saturated carbocycles. The molecule has 9 aromatic rings. The Kier molecular flexibility index (Phi) is 7.14. The smallest absolute Gasteiger partial charge is 0.0888 e. The van der Waals surface area contributed by atoms with E-state index in [0.717, 1.165) is 50.2 Å². The average Bonchev–Trinajstić information content (AvgIpc) is 3.63. The Morgan fingerprint density at radius 1 is 0.593 bits per heavy atom. The lowest BCUT2D eigenvalue weighted by Gasteiger charge is -2.42. The van der Waals surface area contributed by atoms with Gasteiger partial charge in [-0.05, 0) is 69.0 Å². The summed E-state index contributed by atoms with van der Waals surface area (Å²) in [5.41, 5.74) is 10.7. The van der Waals surface area contributed by atoms with Crippen LogP contribution in [0.1, 0.15) is 12.5 Å². The molecule has 0 fully saturated rings. The molecular formula is C50H34N3S-. The molecule has 3 atom stereocenters. The first-order chi connectivity index (χ1) is 26.6. The largest absolute Gasteiger partial charge is 0.676 e. The van der Waals surface area contributed by atoms with Crippen LogP contribution in [0.15, 0.2) is 164 Å². The molecule has 0 bridgehead atoms. The number of thiophene rings is 1. The number of rotatable bonds is 4. The van der Waals surface area contributed by atoms with Crippen LogP contribution < -0.4 is 0 Å². The highest BCUT2D eigenvalue weighted by Gasteiger charge is 2.20. The fraction of sp³-hybridized carbons (Fsp3) is 0.0800. The number of nitrogens with zero attached hydrogens (tertiary/aromatic N) is 3. The Labute approximate surface area is 317 Å². The lowest BCUT2D eigenvalue weighted by molar-refractivity contribution is 0.489. The van der Waals surface area contributed by atoms with E-state index < -0.39 is 0 Å². The lowest BCUT2D eigenvalue weighted by atomic mass is 9.82. The first-order valence-corrected chi connectivity index (χ1v) is 19.5. The third kappa shape index (κ3) is 5.09. The highest BCUT2D eigenvalue weighted by molar-refractivity contribution is 7.26. The molecule has 0 saturated heterocycles. The Bertz CT molecular complexity index is 3040. The zero-order valence-corrected chi connectivity index (χ0v) is 30.5. The van der Waals surface area contributed by atoms with Gasteiger partial charge in [-0.1, -0.05) is 159 Å². The molecule has 4 heteroatoms. The number of hydrogen-bond acceptors (Lipinski definition) is 3. The number of fused-ring (bicyclic) bond motifs is 9. The van der Waals surface area contributed by atoms with Crippen molar-refractivity contribution in [2.24, 2.45) is 11.8 Å². The predicted molar refractivity (Wildman–Crippen MR) is 231 cm³/mol. The molecule has 54 heavy (non-hydrogen) atoms. The molecule has 0 spiro atoms. The van der Waals surface area contributed by atoms with Gasteiger partial charge in [-0.25, -0.2) is 9.97 Å². The van der Waals surface area contributed by atoms with Gasteiger partial charge >= 0.3 is 0 Å². The SMILES string of the molecule is CC1C=CC=CC1C1C=Cc2ccc3ccc(-c4ccc(-c5ccc(-c6nc7cc8ccccc8cc7c7c6sc6ccccc67)cc5)cc4)nc3c2[N-]1. The van der Waals surface area contributed by atoms with Crippen molar-refractivity contribution in [3.8, 4) is 33.6 Å². The van der Waals surface area contributed by atoms with Gasteiger partial charge in [0.2, 0.25) is 0 Å². The standard InChI is InChI=1S/C50H34N3S/c1-30-8-2-5-11-39(30)43-27-25-35-23-22-34-24-26-42(51-47(34)48(35)52-43)33-18-14-31(15-19-33)32-16-20-36(21-17-32)49-50-46(40-12-6-7-13-45(40)54-50)41-28-37-9-3-4-10-38(37)29-44(41)53-49/h2-30,39,43H,1H3/q-1. The van der Waals surface area contributed by atoms with E-state index in [4.69, 9.17) is 15.3 Å². The molecular weight excluding hydrogens is 675 g/mol. The quantitative estimate of drug-likeness (QED) is 0.171. The molecule has 3 unspecified atom stereocenters. The highest BCUT2D eigenvalue weighted by atomic mass is 32.1. The van der Waals surface area contributed by atoms with Gasteiger partial charge < -0.3 is 5.32 Å². The molecule has 256 valence electrons. The van der Waals surface area contributed by atoms with Crippen LogP contribution in [-0.2, 0) is 0 Å². The van der Waals surface area contributed by atoms with E-state index in [9.17, 15) is 0 Å². The fourth-order valence-corrected chi connectivity index (χ4v) is 9.64. The Balaban J connectivity index is 0.924. The van der Waals surface area contributed by atoms with Crippen LogP contribution in [0, 0.1) is 11.8 Å². The van der Waals surface area contributed by atoms with Crippen LogP contribution in [0.25, 0.3) is 97.8 Å². The first-order valence-electron chi connectivity index (χ1n) is 18.7. The lowest BCUT2D eigenvalue weighted by Crippen LogP contribution is -2.23. The van der Waals surface area contributed by atoms with Crippen molar-refractivity contribution in [3.63, 3.8) is 0 Å². The summed E-state index contributed by atoms with van der Waals surface area (Å²) in [5.74, 6) is 0.790. The molecule has 0 radical (unpaired) electrons. The molecule has 0 amide bonds. The second kappa shape index (κ2) is 12.4. The summed E-state index contributed by atoms with van der Waals surface area (Å²) in [6.07, 6.45) is 13.3. The van der Waals surface area contributed by atoms with E-state index in [1.165, 1.54) is 47.5 Å². The monoisotopic (exact) mass is 708 g/mol. The number of pyridine rings is 2. The second-order valence-corrected chi connectivity index (χ2v) is 15.6. The molecule has 1 aliphatic carbocycles. The number of benzene rings is 6. The second-order valence-electron chi connectivity index (χ2n) is 14.6. The summed E-state index contributed by atoms with van der Waals surface area (Å²) in [5, 5.41) is 12.6. The highest BCUT2D eigenvalue weighted by Crippen LogP contribution is 2.45. The zero-order valence-electron chi connectivity index (χ0n) is 29.6. The molecule has 3 nitrogen and oxygen atoms in total. The van der Waals surface area contributed by atoms with E-state index in [-0.39, 0.29) is 6.04 Å². The number of aromatic nitrogens is 2. The molecule has 4 heterocycles. The topological polar surface area (TPSA) is 39.9 Å². The fourth-order valence-electron chi connectivity index (χ4n) is 8.41. The minimum atomic E-state index is 0.101. The van der Waals surface area contributed by atoms with Crippen molar-refractivity contribution in [2.45, 2.75) is 13.0 Å². The van der Waals surface area contributed by atoms with Crippen LogP contribution in [0.3, 0.4) is 0 Å². The summed E-state index contributed by atoms with van der Waals surface area (Å²) < 4.78 is 2.52. The van der Waals surface area contributed by atoms with Gasteiger partial charge in [-0.2, -0.15) is 0 Å². The van der Waals surface area contributed by atoms with Gasteiger partial charge in [0.05, 0.1) is 27.1 Å². The van der Waals surface area contributed by atoms with E-state index in [1.807, 2.05) is 11.3 Å². The number of allylic oxidation sites excluding steroid dienone is 3. The maximum atomic E-state index is 5.33. The average molecular weight is 709 g/mol. The molecule has 0 N–H and O–H groups in total. The Morgan fingerprint density at radius 2 is 1.30 bits per heavy atom. The van der Waals surface area contributed by atoms with Crippen LogP contribution in [0.5, 0.6) is 0 Å². The van der Waals surface area contributed by atoms with E-state index in [0.29, 0.717) is 11.8 Å². The van der Waals surface area contributed by atoms with Crippen LogP contribution >= 0.6 is 11.3 Å². The van der Waals surface area contributed by atoms with Crippen molar-refractivity contribution in [1.29, 1.82) is 0 Å². The van der Waals surface area contributed by atoms with Crippen LogP contribution in [0.4, 0.5) is 5.69 Å². The minimum absolute atomic E-state index is 0.101. The third-order valence-electron chi connectivity index (χ3n) is 11.3. The van der Waals surface area contributed by atoms with Gasteiger partial charge in [-0.15, -0.1) is 17.0 Å². The Morgan fingerprint density at radius 3 is 2.11 bits per heavy atom. The summed E-state index contributed by atoms with van der Waals surface area (Å²) in [7, 11) is 0. The maximum Gasteiger partial charge on any atom is 0.0888 e. The van der Waals surface area contributed by atoms with Gasteiger partial charge in [0.15, 0.2) is 0 Å². The van der Waals surface area contributed by atoms with Crippen molar-refractivity contribution < 1.29 is 0 Å². The molecule has 3 aromatic heterocycles. The van der Waals surface area contributed by atoms with Crippen molar-refractivity contribution in [1.82, 2.24) is 9.97 Å². The molecule has 2 aliphatic rings. The third-order valence-corrected chi connectivity index (χ3v) is 12.5. The number of hydrogen-bond donors (Lipinski definition) is 0. The van der Waals surface area contributed by atoms with Gasteiger partial charge in [0.1, 0.15) is 0 Å². The van der Waals surface area contributed by atoms with E-state index in [2.05, 4.69) is 177 Å². The maximum absolute atomic E-state index is 5.33. The first kappa shape index (κ1) is 31.2. The van der Waals surface area contributed by atoms with Crippen molar-refractivity contribution >= 4 is 75.9 Å². The minimum Gasteiger partial charge on any atom is -0.676 e. The summed E-state index contributed by atoms with van der Waals surface area (Å²) in [4.78, 5) is 10.6. The van der Waals surface area contributed by atoms with Crippen LogP contribution in [-0.4, -0.2) is 16.0 Å². The van der Waals surface area contributed by atoms with Crippen LogP contribution in [0.2, 0.25) is 0 Å². The van der Waals surface area contributed by atoms with Gasteiger partial charge in [0, 0.05) is 32.0 Å². The van der Waals surface area contributed by atoms with Crippen molar-refractivity contribution in [2.75, 3.05) is 0 Å². The normalized spacial score (nSPS) is 17.8. The summed E-state index contributed by atoms with van der Waals surface area (Å²) >= 11 is 1.84.